The molecule has 1 aromatic heterocycles. The average molecular weight is 282 g/mol. The number of benzene rings is 1. The van der Waals surface area contributed by atoms with Crippen molar-refractivity contribution in [1.82, 2.24) is 9.97 Å². The number of nitrogens with zero attached hydrogens (tertiary/aromatic N) is 2. The first-order valence-corrected chi connectivity index (χ1v) is 5.92. The summed E-state index contributed by atoms with van der Waals surface area (Å²) >= 11 is 0. The molecule has 0 spiro atoms. The fraction of sp³-hybridized carbons (Fsp3) is 0.231. The number of anilines is 3. The Hall–Kier alpha value is -2.31. The fourth-order valence-electron chi connectivity index (χ4n) is 1.82. The summed E-state index contributed by atoms with van der Waals surface area (Å²) in [5, 5.41) is 2.62. The zero-order valence-electron chi connectivity index (χ0n) is 10.9. The lowest BCUT2D eigenvalue weighted by molar-refractivity contribution is 0.496. The molecule has 0 atom stereocenters. The van der Waals surface area contributed by atoms with Crippen LogP contribution in [0.15, 0.2) is 18.5 Å². The van der Waals surface area contributed by atoms with Crippen molar-refractivity contribution in [3.05, 3.63) is 41.5 Å². The van der Waals surface area contributed by atoms with Gasteiger partial charge >= 0.3 is 0 Å². The summed E-state index contributed by atoms with van der Waals surface area (Å²) in [6.45, 7) is 3.73. The summed E-state index contributed by atoms with van der Waals surface area (Å²) in [7, 11) is 0. The number of aromatic nitrogens is 2. The summed E-state index contributed by atoms with van der Waals surface area (Å²) in [6.07, 6.45) is 1.21. The molecule has 0 aliphatic heterocycles. The summed E-state index contributed by atoms with van der Waals surface area (Å²) in [5.74, 6) is -2.83. The molecule has 2 rings (SSSR count). The number of hydrogen-bond acceptors (Lipinski definition) is 4. The first-order chi connectivity index (χ1) is 9.40. The fourth-order valence-corrected chi connectivity index (χ4v) is 1.82. The van der Waals surface area contributed by atoms with Crippen molar-refractivity contribution in [2.75, 3.05) is 11.1 Å². The molecule has 0 saturated heterocycles. The Kier molecular flexibility index (Phi) is 3.78. The van der Waals surface area contributed by atoms with Crippen LogP contribution in [-0.2, 0) is 0 Å². The lowest BCUT2D eigenvalue weighted by Crippen LogP contribution is -2.07. The first-order valence-electron chi connectivity index (χ1n) is 5.92. The maximum atomic E-state index is 13.6. The van der Waals surface area contributed by atoms with Crippen molar-refractivity contribution in [3.63, 3.8) is 0 Å². The van der Waals surface area contributed by atoms with Crippen LogP contribution in [0.1, 0.15) is 25.3 Å². The van der Waals surface area contributed by atoms with E-state index < -0.39 is 17.5 Å². The van der Waals surface area contributed by atoms with Gasteiger partial charge < -0.3 is 11.1 Å². The summed E-state index contributed by atoms with van der Waals surface area (Å²) < 4.78 is 39.6. The predicted octanol–water partition coefficient (Wildman–Crippen LogP) is 3.34. The zero-order valence-corrected chi connectivity index (χ0v) is 10.9. The van der Waals surface area contributed by atoms with Gasteiger partial charge in [0.25, 0.3) is 0 Å². The highest BCUT2D eigenvalue weighted by atomic mass is 19.2. The summed E-state index contributed by atoms with van der Waals surface area (Å²) in [5.41, 5.74) is 6.11. The molecule has 0 unspecified atom stereocenters. The van der Waals surface area contributed by atoms with Gasteiger partial charge in [0.2, 0.25) is 0 Å². The molecule has 20 heavy (non-hydrogen) atoms. The Morgan fingerprint density at radius 2 is 1.70 bits per heavy atom. The molecule has 1 aromatic carbocycles. The van der Waals surface area contributed by atoms with Crippen molar-refractivity contribution in [2.45, 2.75) is 19.8 Å². The van der Waals surface area contributed by atoms with Gasteiger partial charge in [0.1, 0.15) is 23.8 Å². The standard InChI is InChI=1S/C13H13F3N4/c1-6(2)11-12(17)18-5-19-13(11)20-10-4-8(15)7(14)3-9(10)16/h3-6H,1-2H3,(H3,17,18,19,20). The molecule has 2 aromatic rings. The predicted molar refractivity (Wildman–Crippen MR) is 70.1 cm³/mol. The molecule has 1 heterocycles. The van der Waals surface area contributed by atoms with Crippen LogP contribution in [0.4, 0.5) is 30.5 Å². The van der Waals surface area contributed by atoms with Crippen LogP contribution in [0.5, 0.6) is 0 Å². The number of nitrogen functional groups attached to an aromatic ring is 1. The second-order valence-electron chi connectivity index (χ2n) is 4.55. The molecule has 0 amide bonds. The third-order valence-electron chi connectivity index (χ3n) is 2.76. The van der Waals surface area contributed by atoms with Crippen molar-refractivity contribution < 1.29 is 13.2 Å². The van der Waals surface area contributed by atoms with Crippen molar-refractivity contribution in [1.29, 1.82) is 0 Å². The van der Waals surface area contributed by atoms with Gasteiger partial charge in [-0.05, 0) is 5.92 Å². The minimum Gasteiger partial charge on any atom is -0.383 e. The number of hydrogen-bond donors (Lipinski definition) is 2. The largest absolute Gasteiger partial charge is 0.383 e. The topological polar surface area (TPSA) is 63.8 Å². The Morgan fingerprint density at radius 1 is 1.05 bits per heavy atom. The van der Waals surface area contributed by atoms with Gasteiger partial charge in [-0.15, -0.1) is 0 Å². The highest BCUT2D eigenvalue weighted by Gasteiger charge is 2.16. The van der Waals surface area contributed by atoms with Gasteiger partial charge in [0.15, 0.2) is 11.6 Å². The minimum atomic E-state index is -1.25. The highest BCUT2D eigenvalue weighted by molar-refractivity contribution is 5.65. The van der Waals surface area contributed by atoms with E-state index in [1.54, 1.807) is 0 Å². The van der Waals surface area contributed by atoms with Crippen LogP contribution in [0.25, 0.3) is 0 Å². The first kappa shape index (κ1) is 14.1. The highest BCUT2D eigenvalue weighted by Crippen LogP contribution is 2.30. The van der Waals surface area contributed by atoms with E-state index in [4.69, 9.17) is 5.73 Å². The molecule has 0 saturated carbocycles. The van der Waals surface area contributed by atoms with E-state index in [-0.39, 0.29) is 23.2 Å². The second kappa shape index (κ2) is 5.36. The summed E-state index contributed by atoms with van der Waals surface area (Å²) in [6, 6.07) is 1.20. The maximum absolute atomic E-state index is 13.6. The van der Waals surface area contributed by atoms with E-state index in [9.17, 15) is 13.2 Å². The second-order valence-corrected chi connectivity index (χ2v) is 4.55. The molecule has 0 fully saturated rings. The maximum Gasteiger partial charge on any atom is 0.161 e. The Balaban J connectivity index is 2.45. The van der Waals surface area contributed by atoms with E-state index in [1.165, 1.54) is 6.33 Å². The third-order valence-corrected chi connectivity index (χ3v) is 2.76. The molecule has 0 aliphatic rings. The molecule has 106 valence electrons. The van der Waals surface area contributed by atoms with Crippen LogP contribution < -0.4 is 11.1 Å². The van der Waals surface area contributed by atoms with Gasteiger partial charge in [-0.3, -0.25) is 0 Å². The van der Waals surface area contributed by atoms with Crippen molar-refractivity contribution in [3.8, 4) is 0 Å². The van der Waals surface area contributed by atoms with E-state index in [0.717, 1.165) is 6.07 Å². The minimum absolute atomic E-state index is 0.0212. The average Bonchev–Trinajstić information content (AvgIpc) is 2.35. The van der Waals surface area contributed by atoms with E-state index in [1.807, 2.05) is 13.8 Å². The van der Waals surface area contributed by atoms with Crippen LogP contribution in [0.2, 0.25) is 0 Å². The van der Waals surface area contributed by atoms with Crippen LogP contribution in [0.3, 0.4) is 0 Å². The molecule has 0 bridgehead atoms. The van der Waals surface area contributed by atoms with E-state index >= 15 is 0 Å². The SMILES string of the molecule is CC(C)c1c(N)ncnc1Nc1cc(F)c(F)cc1F. The van der Waals surface area contributed by atoms with Gasteiger partial charge in [-0.2, -0.15) is 0 Å². The third kappa shape index (κ3) is 2.66. The molecular formula is C13H13F3N4. The molecule has 0 aliphatic carbocycles. The molecule has 4 nitrogen and oxygen atoms in total. The van der Waals surface area contributed by atoms with Crippen molar-refractivity contribution >= 4 is 17.3 Å². The van der Waals surface area contributed by atoms with Crippen molar-refractivity contribution in [2.24, 2.45) is 0 Å². The lowest BCUT2D eigenvalue weighted by Gasteiger charge is -2.15. The summed E-state index contributed by atoms with van der Waals surface area (Å²) in [4.78, 5) is 7.82. The molecular weight excluding hydrogens is 269 g/mol. The monoisotopic (exact) mass is 282 g/mol. The number of rotatable bonds is 3. The zero-order chi connectivity index (χ0) is 14.9. The molecule has 3 N–H and O–H groups in total. The number of halogens is 3. The van der Waals surface area contributed by atoms with Gasteiger partial charge in [-0.25, -0.2) is 23.1 Å². The number of nitrogens with two attached hydrogens (primary N) is 1. The lowest BCUT2D eigenvalue weighted by atomic mass is 10.0. The normalized spacial score (nSPS) is 10.9. The van der Waals surface area contributed by atoms with Crippen LogP contribution >= 0.6 is 0 Å². The quantitative estimate of drug-likeness (QED) is 0.847. The van der Waals surface area contributed by atoms with Crippen LogP contribution in [0, 0.1) is 17.5 Å². The molecule has 7 heteroatoms. The van der Waals surface area contributed by atoms with E-state index in [2.05, 4.69) is 15.3 Å². The Bertz CT molecular complexity index is 644. The van der Waals surface area contributed by atoms with Gasteiger partial charge in [0.05, 0.1) is 5.69 Å². The van der Waals surface area contributed by atoms with Gasteiger partial charge in [-0.1, -0.05) is 13.8 Å². The van der Waals surface area contributed by atoms with E-state index in [0.29, 0.717) is 11.6 Å². The van der Waals surface area contributed by atoms with Gasteiger partial charge in [0, 0.05) is 17.7 Å². The van der Waals surface area contributed by atoms with Crippen LogP contribution in [-0.4, -0.2) is 9.97 Å². The number of nitrogens with one attached hydrogen (secondary N) is 1. The Morgan fingerprint density at radius 3 is 2.35 bits per heavy atom. The molecule has 0 radical (unpaired) electrons. The smallest absolute Gasteiger partial charge is 0.161 e. The Labute approximate surface area is 113 Å².